The van der Waals surface area contributed by atoms with Crippen LogP contribution in [0.1, 0.15) is 82.1 Å². The van der Waals surface area contributed by atoms with Gasteiger partial charge in [-0.05, 0) is 94.7 Å². The topological polar surface area (TPSA) is 57.1 Å². The summed E-state index contributed by atoms with van der Waals surface area (Å²) in [6, 6.07) is 2.64. The summed E-state index contributed by atoms with van der Waals surface area (Å²) in [6.07, 6.45) is 12.1. The van der Waals surface area contributed by atoms with Crippen molar-refractivity contribution in [3.8, 4) is 0 Å². The lowest BCUT2D eigenvalue weighted by Gasteiger charge is -2.32. The average Bonchev–Trinajstić information content (AvgIpc) is 3.39. The third-order valence-corrected chi connectivity index (χ3v) is 7.23. The summed E-state index contributed by atoms with van der Waals surface area (Å²) in [4.78, 5) is 14.4. The van der Waals surface area contributed by atoms with Crippen molar-refractivity contribution < 1.29 is 13.6 Å². The van der Waals surface area contributed by atoms with Crippen molar-refractivity contribution in [3.63, 3.8) is 0 Å². The van der Waals surface area contributed by atoms with Crippen LogP contribution in [0.4, 0.5) is 8.78 Å². The van der Waals surface area contributed by atoms with E-state index in [1.807, 2.05) is 0 Å². The lowest BCUT2D eigenvalue weighted by molar-refractivity contribution is 0.0950. The second kappa shape index (κ2) is 15.6. The van der Waals surface area contributed by atoms with Gasteiger partial charge in [0.25, 0.3) is 5.91 Å². The zero-order chi connectivity index (χ0) is 27.4. The number of nitrogens with one attached hydrogen (secondary N) is 1. The SMILES string of the molecule is C=C/C(C)=C(\C=C(/C)c1ccc(C(=O)NCC)c(F)c1F)N=NC.CC1CCN(CC2CCCC2)CC1. The lowest BCUT2D eigenvalue weighted by atomic mass is 9.98. The fourth-order valence-electron chi connectivity index (χ4n) is 4.80. The molecule has 1 amide bonds. The number of carbonyl (C=O) groups excluding carboxylic acids is 1. The number of nitrogens with zero attached hydrogens (tertiary/aromatic N) is 3. The number of allylic oxidation sites excluding steroid dienone is 4. The summed E-state index contributed by atoms with van der Waals surface area (Å²) in [5, 5.41) is 10.1. The maximum atomic E-state index is 14.3. The van der Waals surface area contributed by atoms with Crippen molar-refractivity contribution in [3.05, 3.63) is 64.9 Å². The van der Waals surface area contributed by atoms with Crippen LogP contribution in [0.15, 0.2) is 52.4 Å². The third kappa shape index (κ3) is 9.29. The first kappa shape index (κ1) is 30.6. The number of likely N-dealkylation sites (tertiary alicyclic amines) is 1. The Labute approximate surface area is 221 Å². The van der Waals surface area contributed by atoms with Crippen molar-refractivity contribution >= 4 is 11.5 Å². The highest BCUT2D eigenvalue weighted by atomic mass is 19.2. The number of azo groups is 1. The van der Waals surface area contributed by atoms with Gasteiger partial charge >= 0.3 is 0 Å². The molecule has 7 heteroatoms. The molecule has 0 radical (unpaired) electrons. The number of amides is 1. The molecule has 37 heavy (non-hydrogen) atoms. The number of carbonyl (C=O) groups is 1. The Balaban J connectivity index is 0.000000308. The molecule has 5 nitrogen and oxygen atoms in total. The van der Waals surface area contributed by atoms with E-state index >= 15 is 0 Å². The summed E-state index contributed by atoms with van der Waals surface area (Å²) in [5.41, 5.74) is 1.44. The van der Waals surface area contributed by atoms with Crippen molar-refractivity contribution in [1.29, 1.82) is 0 Å². The third-order valence-electron chi connectivity index (χ3n) is 7.23. The van der Waals surface area contributed by atoms with Crippen LogP contribution in [0, 0.1) is 23.5 Å². The maximum absolute atomic E-state index is 14.3. The molecule has 2 fully saturated rings. The van der Waals surface area contributed by atoms with Crippen LogP contribution in [0.3, 0.4) is 0 Å². The first-order valence-electron chi connectivity index (χ1n) is 13.5. The molecule has 204 valence electrons. The molecule has 1 aliphatic carbocycles. The monoisotopic (exact) mass is 514 g/mol. The smallest absolute Gasteiger partial charge is 0.254 e. The van der Waals surface area contributed by atoms with Gasteiger partial charge in [0.1, 0.15) is 0 Å². The normalized spacial score (nSPS) is 18.4. The molecule has 1 heterocycles. The van der Waals surface area contributed by atoms with Crippen LogP contribution >= 0.6 is 0 Å². The minimum Gasteiger partial charge on any atom is -0.352 e. The van der Waals surface area contributed by atoms with Crippen LogP contribution in [0.2, 0.25) is 0 Å². The number of rotatable bonds is 8. The minimum atomic E-state index is -1.17. The number of hydrogen-bond donors (Lipinski definition) is 1. The molecule has 0 atom stereocenters. The van der Waals surface area contributed by atoms with Crippen molar-refractivity contribution in [2.24, 2.45) is 22.1 Å². The molecule has 0 unspecified atom stereocenters. The molecular weight excluding hydrogens is 470 g/mol. The molecule has 2 aliphatic rings. The van der Waals surface area contributed by atoms with E-state index in [9.17, 15) is 13.6 Å². The molecule has 1 saturated heterocycles. The first-order valence-corrected chi connectivity index (χ1v) is 13.5. The van der Waals surface area contributed by atoms with Crippen molar-refractivity contribution in [2.45, 2.75) is 66.2 Å². The van der Waals surface area contributed by atoms with Crippen LogP contribution < -0.4 is 5.32 Å². The second-order valence-corrected chi connectivity index (χ2v) is 10.2. The van der Waals surface area contributed by atoms with Gasteiger partial charge in [0.15, 0.2) is 11.6 Å². The highest BCUT2D eigenvalue weighted by Gasteiger charge is 2.21. The largest absolute Gasteiger partial charge is 0.352 e. The van der Waals surface area contributed by atoms with E-state index in [1.165, 1.54) is 77.3 Å². The Hall–Kier alpha value is -2.67. The zero-order valence-corrected chi connectivity index (χ0v) is 23.2. The van der Waals surface area contributed by atoms with Crippen LogP contribution in [0.5, 0.6) is 0 Å². The highest BCUT2D eigenvalue weighted by Crippen LogP contribution is 2.27. The molecule has 1 aliphatic heterocycles. The summed E-state index contributed by atoms with van der Waals surface area (Å²) in [7, 11) is 1.51. The quantitative estimate of drug-likeness (QED) is 0.287. The van der Waals surface area contributed by atoms with Crippen LogP contribution in [-0.4, -0.2) is 44.0 Å². The average molecular weight is 515 g/mol. The molecule has 1 aromatic rings. The predicted molar refractivity (Wildman–Crippen MR) is 148 cm³/mol. The van der Waals surface area contributed by atoms with Crippen LogP contribution in [-0.2, 0) is 0 Å². The first-order chi connectivity index (χ1) is 17.7. The summed E-state index contributed by atoms with van der Waals surface area (Å²) in [6.45, 7) is 15.7. The molecule has 1 saturated carbocycles. The fraction of sp³-hybridized carbons (Fsp3) is 0.567. The molecule has 0 bridgehead atoms. The Bertz CT molecular complexity index is 1000. The van der Waals surface area contributed by atoms with E-state index in [0.717, 1.165) is 17.4 Å². The van der Waals surface area contributed by atoms with E-state index in [2.05, 4.69) is 33.9 Å². The van der Waals surface area contributed by atoms with E-state index in [-0.39, 0.29) is 11.1 Å². The van der Waals surface area contributed by atoms with Gasteiger partial charge in [-0.2, -0.15) is 10.2 Å². The van der Waals surface area contributed by atoms with Crippen LogP contribution in [0.25, 0.3) is 5.57 Å². The van der Waals surface area contributed by atoms with Gasteiger partial charge in [0, 0.05) is 25.7 Å². The zero-order valence-electron chi connectivity index (χ0n) is 23.2. The van der Waals surface area contributed by atoms with Gasteiger partial charge in [-0.1, -0.05) is 38.5 Å². The van der Waals surface area contributed by atoms with Crippen molar-refractivity contribution in [2.75, 3.05) is 33.2 Å². The standard InChI is InChI=1S/C18H21F2N3O.C12H23N/c1-6-11(3)15(23-21-5)10-12(4)13-8-9-14(17(20)16(13)19)18(24)22-7-2;1-11-6-8-13(9-7-11)10-12-4-2-3-5-12/h6,8-10H,1,7H2,2-5H3,(H,22,24);11-12H,2-10H2,1H3/b12-10+,15-11+,23-21?;. The maximum Gasteiger partial charge on any atom is 0.254 e. The molecule has 1 N–H and O–H groups in total. The molecular formula is C30H44F2N4O. The molecule has 0 spiro atoms. The fourth-order valence-corrected chi connectivity index (χ4v) is 4.80. The van der Waals surface area contributed by atoms with E-state index in [4.69, 9.17) is 0 Å². The number of piperidine rings is 1. The number of benzene rings is 1. The van der Waals surface area contributed by atoms with E-state index in [0.29, 0.717) is 17.8 Å². The lowest BCUT2D eigenvalue weighted by Crippen LogP contribution is -2.36. The molecule has 3 rings (SSSR count). The van der Waals surface area contributed by atoms with Gasteiger partial charge in [0.2, 0.25) is 0 Å². The summed E-state index contributed by atoms with van der Waals surface area (Å²) in [5.74, 6) is -0.857. The second-order valence-electron chi connectivity index (χ2n) is 10.2. The molecule has 1 aromatic carbocycles. The van der Waals surface area contributed by atoms with E-state index < -0.39 is 17.5 Å². The van der Waals surface area contributed by atoms with Gasteiger partial charge in [0.05, 0.1) is 11.3 Å². The van der Waals surface area contributed by atoms with Crippen molar-refractivity contribution in [1.82, 2.24) is 10.2 Å². The number of hydrogen-bond acceptors (Lipinski definition) is 4. The Morgan fingerprint density at radius 3 is 2.27 bits per heavy atom. The van der Waals surface area contributed by atoms with Gasteiger partial charge in [-0.25, -0.2) is 8.78 Å². The number of halogens is 2. The van der Waals surface area contributed by atoms with Gasteiger partial charge < -0.3 is 10.2 Å². The van der Waals surface area contributed by atoms with E-state index in [1.54, 1.807) is 32.9 Å². The Morgan fingerprint density at radius 2 is 1.70 bits per heavy atom. The summed E-state index contributed by atoms with van der Waals surface area (Å²) >= 11 is 0. The highest BCUT2D eigenvalue weighted by molar-refractivity contribution is 5.94. The minimum absolute atomic E-state index is 0.0567. The summed E-state index contributed by atoms with van der Waals surface area (Å²) < 4.78 is 28.5. The predicted octanol–water partition coefficient (Wildman–Crippen LogP) is 7.57. The van der Waals surface area contributed by atoms with Gasteiger partial charge in [-0.3, -0.25) is 4.79 Å². The Morgan fingerprint density at radius 1 is 1.11 bits per heavy atom. The molecule has 0 aromatic heterocycles. The van der Waals surface area contributed by atoms with Gasteiger partial charge in [-0.15, -0.1) is 0 Å². The Kier molecular flexibility index (Phi) is 12.8.